The van der Waals surface area contributed by atoms with Crippen LogP contribution in [0, 0.1) is 6.92 Å². The minimum Gasteiger partial charge on any atom is -0.497 e. The van der Waals surface area contributed by atoms with E-state index in [0.717, 1.165) is 16.7 Å². The molecule has 46 heavy (non-hydrogen) atoms. The van der Waals surface area contributed by atoms with Gasteiger partial charge in [0.2, 0.25) is 0 Å². The molecule has 1 amide bonds. The smallest absolute Gasteiger partial charge is 0.262 e. The number of fused-ring (bicyclic) bond motifs is 1. The molecule has 0 saturated heterocycles. The Labute approximate surface area is 269 Å². The topological polar surface area (TPSA) is 88.2 Å². The van der Waals surface area contributed by atoms with Gasteiger partial charge in [0, 0.05) is 17.9 Å². The number of aryl methyl sites for hydroxylation is 1. The third-order valence-corrected chi connectivity index (χ3v) is 9.27. The zero-order valence-corrected chi connectivity index (χ0v) is 26.7. The van der Waals surface area contributed by atoms with E-state index in [1.54, 1.807) is 48.4 Å². The molecule has 5 aromatic rings. The van der Waals surface area contributed by atoms with Crippen molar-refractivity contribution in [2.24, 2.45) is 0 Å². The zero-order chi connectivity index (χ0) is 32.3. The average Bonchev–Trinajstić information content (AvgIpc) is 3.07. The van der Waals surface area contributed by atoms with E-state index in [1.807, 2.05) is 92.7 Å². The largest absolute Gasteiger partial charge is 0.497 e. The molecule has 6 rings (SSSR count). The van der Waals surface area contributed by atoms with Crippen molar-refractivity contribution in [1.29, 1.82) is 0 Å². The van der Waals surface area contributed by atoms with Crippen LogP contribution in [0.25, 0.3) is 0 Å². The summed E-state index contributed by atoms with van der Waals surface area (Å²) in [6, 6.07) is 36.9. The minimum absolute atomic E-state index is 0.0168. The van der Waals surface area contributed by atoms with Crippen molar-refractivity contribution in [3.8, 4) is 11.5 Å². The number of carbonyl (C=O) groups excluding carboxylic acids is 1. The van der Waals surface area contributed by atoms with Crippen LogP contribution in [0.15, 0.2) is 126 Å². The lowest BCUT2D eigenvalue weighted by atomic mass is 9.98. The van der Waals surface area contributed by atoms with Gasteiger partial charge in [-0.15, -0.1) is 0 Å². The second kappa shape index (κ2) is 13.0. The molecule has 234 valence electrons. The quantitative estimate of drug-likeness (QED) is 0.171. The van der Waals surface area contributed by atoms with Crippen LogP contribution in [0.5, 0.6) is 11.5 Å². The third-order valence-electron chi connectivity index (χ3n) is 7.89. The number of rotatable bonds is 10. The molecule has 0 bridgehead atoms. The molecule has 9 heteroatoms. The summed E-state index contributed by atoms with van der Waals surface area (Å²) < 4.78 is 40.9. The number of amides is 1. The minimum atomic E-state index is -4.03. The van der Waals surface area contributed by atoms with E-state index in [0.29, 0.717) is 41.7 Å². The van der Waals surface area contributed by atoms with Crippen LogP contribution >= 0.6 is 0 Å². The summed E-state index contributed by atoms with van der Waals surface area (Å²) in [5, 5.41) is 0. The molecule has 0 saturated carbocycles. The highest BCUT2D eigenvalue weighted by Crippen LogP contribution is 2.43. The van der Waals surface area contributed by atoms with E-state index in [4.69, 9.17) is 9.47 Å². The number of nitrogens with one attached hydrogen (secondary N) is 1. The van der Waals surface area contributed by atoms with Gasteiger partial charge in [0.25, 0.3) is 15.9 Å². The molecular formula is C37H35N3O5S. The van der Waals surface area contributed by atoms with Gasteiger partial charge in [-0.25, -0.2) is 8.42 Å². The highest BCUT2D eigenvalue weighted by atomic mass is 32.2. The maximum absolute atomic E-state index is 14.6. The molecule has 0 aliphatic carbocycles. The molecule has 1 aliphatic heterocycles. The zero-order valence-electron chi connectivity index (χ0n) is 25.9. The van der Waals surface area contributed by atoms with Crippen LogP contribution in [-0.2, 0) is 16.6 Å². The lowest BCUT2D eigenvalue weighted by molar-refractivity contribution is 0.0968. The first-order chi connectivity index (χ1) is 22.3. The predicted molar refractivity (Wildman–Crippen MR) is 181 cm³/mol. The van der Waals surface area contributed by atoms with Gasteiger partial charge < -0.3 is 14.4 Å². The fourth-order valence-corrected chi connectivity index (χ4v) is 6.75. The van der Waals surface area contributed by atoms with Gasteiger partial charge in [-0.2, -0.15) is 0 Å². The van der Waals surface area contributed by atoms with Crippen LogP contribution in [0.1, 0.15) is 40.1 Å². The van der Waals surface area contributed by atoms with Crippen molar-refractivity contribution < 1.29 is 22.7 Å². The molecule has 0 spiro atoms. The number of anilines is 3. The SMILES string of the molecule is CCOc1ccc(NS(=O)(=O)c2ccc3c(c2)C(=O)N(c2ccc(C)cc2)[C@H](c2cccc(OC)c2)N3Cc2ccccc2)cc1. The van der Waals surface area contributed by atoms with E-state index < -0.39 is 16.2 Å². The normalized spacial score (nSPS) is 14.5. The monoisotopic (exact) mass is 633 g/mol. The fourth-order valence-electron chi connectivity index (χ4n) is 5.66. The molecule has 0 unspecified atom stereocenters. The first-order valence-electron chi connectivity index (χ1n) is 15.0. The summed E-state index contributed by atoms with van der Waals surface area (Å²) in [7, 11) is -2.42. The molecule has 1 N–H and O–H groups in total. The second-order valence-corrected chi connectivity index (χ2v) is 12.7. The van der Waals surface area contributed by atoms with Crippen molar-refractivity contribution in [3.63, 3.8) is 0 Å². The van der Waals surface area contributed by atoms with Gasteiger partial charge in [0.15, 0.2) is 0 Å². The third kappa shape index (κ3) is 6.27. The van der Waals surface area contributed by atoms with E-state index in [-0.39, 0.29) is 16.4 Å². The summed E-state index contributed by atoms with van der Waals surface area (Å²) >= 11 is 0. The summed E-state index contributed by atoms with van der Waals surface area (Å²) in [5.74, 6) is 1.00. The maximum Gasteiger partial charge on any atom is 0.262 e. The molecule has 0 radical (unpaired) electrons. The molecule has 1 aliphatic rings. The number of benzene rings is 5. The lowest BCUT2D eigenvalue weighted by Gasteiger charge is -2.46. The Morgan fingerprint density at radius 1 is 0.804 bits per heavy atom. The van der Waals surface area contributed by atoms with Crippen molar-refractivity contribution in [2.75, 3.05) is 28.2 Å². The van der Waals surface area contributed by atoms with Gasteiger partial charge in [-0.3, -0.25) is 14.4 Å². The molecule has 5 aromatic carbocycles. The summed E-state index contributed by atoms with van der Waals surface area (Å²) in [6.45, 7) is 4.84. The van der Waals surface area contributed by atoms with Gasteiger partial charge in [-0.05, 0) is 91.7 Å². The molecule has 0 fully saturated rings. The number of hydrogen-bond acceptors (Lipinski definition) is 6. The number of hydrogen-bond donors (Lipinski definition) is 1. The van der Waals surface area contributed by atoms with Gasteiger partial charge >= 0.3 is 0 Å². The van der Waals surface area contributed by atoms with E-state index >= 15 is 0 Å². The lowest BCUT2D eigenvalue weighted by Crippen LogP contribution is -2.49. The van der Waals surface area contributed by atoms with Crippen molar-refractivity contribution in [2.45, 2.75) is 31.5 Å². The van der Waals surface area contributed by atoms with Crippen molar-refractivity contribution >= 4 is 33.0 Å². The summed E-state index contributed by atoms with van der Waals surface area (Å²) in [5.41, 5.74) is 4.93. The summed E-state index contributed by atoms with van der Waals surface area (Å²) in [6.07, 6.45) is -0.553. The van der Waals surface area contributed by atoms with Crippen LogP contribution < -0.4 is 24.0 Å². The average molecular weight is 634 g/mol. The number of nitrogens with zero attached hydrogens (tertiary/aromatic N) is 2. The number of carbonyl (C=O) groups is 1. The number of methoxy groups -OCH3 is 1. The van der Waals surface area contributed by atoms with Crippen LogP contribution in [0.3, 0.4) is 0 Å². The highest BCUT2D eigenvalue weighted by molar-refractivity contribution is 7.92. The Hall–Kier alpha value is -5.28. The van der Waals surface area contributed by atoms with Gasteiger partial charge in [0.05, 0.1) is 29.9 Å². The first kappa shape index (κ1) is 30.7. The Morgan fingerprint density at radius 2 is 1.54 bits per heavy atom. The van der Waals surface area contributed by atoms with Crippen LogP contribution in [0.2, 0.25) is 0 Å². The highest BCUT2D eigenvalue weighted by Gasteiger charge is 2.40. The van der Waals surface area contributed by atoms with Crippen molar-refractivity contribution in [1.82, 2.24) is 0 Å². The van der Waals surface area contributed by atoms with Crippen LogP contribution in [-0.4, -0.2) is 28.0 Å². The Morgan fingerprint density at radius 3 is 2.24 bits per heavy atom. The first-order valence-corrected chi connectivity index (χ1v) is 16.5. The Bertz CT molecular complexity index is 1950. The Kier molecular flexibility index (Phi) is 8.68. The standard InChI is InChI=1S/C37H35N3O5S/c1-4-45-31-19-15-29(16-20-31)38-46(42,43)33-21-22-35-34(24-33)37(41)40(30-17-13-26(2)14-18-30)36(28-11-8-12-32(23-28)44-3)39(35)25-27-9-6-5-7-10-27/h5-24,36,38H,4,25H2,1-3H3/t36-/m1/s1. The van der Waals surface area contributed by atoms with Crippen molar-refractivity contribution in [3.05, 3.63) is 144 Å². The number of sulfonamides is 1. The van der Waals surface area contributed by atoms with Crippen LogP contribution in [0.4, 0.5) is 17.1 Å². The van der Waals surface area contributed by atoms with Gasteiger partial charge in [-0.1, -0.05) is 60.2 Å². The second-order valence-electron chi connectivity index (χ2n) is 11.0. The molecule has 1 heterocycles. The Balaban J connectivity index is 1.49. The van der Waals surface area contributed by atoms with E-state index in [9.17, 15) is 13.2 Å². The molecule has 8 nitrogen and oxygen atoms in total. The molecule has 1 atom stereocenters. The van der Waals surface area contributed by atoms with E-state index in [1.165, 1.54) is 6.07 Å². The molecular weight excluding hydrogens is 598 g/mol. The van der Waals surface area contributed by atoms with E-state index in [2.05, 4.69) is 9.62 Å². The maximum atomic E-state index is 14.6. The number of ether oxygens (including phenoxy) is 2. The van der Waals surface area contributed by atoms with Gasteiger partial charge in [0.1, 0.15) is 17.7 Å². The summed E-state index contributed by atoms with van der Waals surface area (Å²) in [4.78, 5) is 18.5. The fraction of sp³-hybridized carbons (Fsp3) is 0.162. The predicted octanol–water partition coefficient (Wildman–Crippen LogP) is 7.57. The molecule has 0 aromatic heterocycles.